The Morgan fingerprint density at radius 3 is 2.89 bits per heavy atom. The van der Waals surface area contributed by atoms with Crippen LogP contribution in [0.15, 0.2) is 17.4 Å². The van der Waals surface area contributed by atoms with Crippen molar-refractivity contribution in [3.63, 3.8) is 0 Å². The molecule has 0 amide bonds. The van der Waals surface area contributed by atoms with Crippen LogP contribution >= 0.6 is 24.0 Å². The van der Waals surface area contributed by atoms with Crippen molar-refractivity contribution in [1.82, 2.24) is 20.2 Å². The van der Waals surface area contributed by atoms with Crippen LogP contribution in [0.3, 0.4) is 0 Å². The Hall–Kier alpha value is -0.930. The van der Waals surface area contributed by atoms with Gasteiger partial charge in [0.15, 0.2) is 5.96 Å². The molecule has 108 valence electrons. The topological polar surface area (TPSA) is 54.2 Å². The second-order valence-corrected chi connectivity index (χ2v) is 4.14. The van der Waals surface area contributed by atoms with Gasteiger partial charge in [-0.15, -0.1) is 24.0 Å². The highest BCUT2D eigenvalue weighted by Gasteiger charge is 2.22. The molecule has 8 heteroatoms. The molecule has 1 aliphatic rings. The number of aromatic nitrogens is 2. The van der Waals surface area contributed by atoms with Gasteiger partial charge in [-0.2, -0.15) is 8.78 Å². The third-order valence-electron chi connectivity index (χ3n) is 2.60. The molecule has 0 spiro atoms. The van der Waals surface area contributed by atoms with Crippen LogP contribution in [0, 0.1) is 0 Å². The first-order valence-corrected chi connectivity index (χ1v) is 6.05. The van der Waals surface area contributed by atoms with Gasteiger partial charge in [0.05, 0.1) is 0 Å². The zero-order valence-corrected chi connectivity index (χ0v) is 13.0. The van der Waals surface area contributed by atoms with E-state index in [1.54, 1.807) is 0 Å². The van der Waals surface area contributed by atoms with Gasteiger partial charge in [0, 0.05) is 25.0 Å². The van der Waals surface area contributed by atoms with Crippen LogP contribution in [0.4, 0.5) is 8.78 Å². The Balaban J connectivity index is 0.00000180. The van der Waals surface area contributed by atoms with Crippen molar-refractivity contribution in [1.29, 1.82) is 0 Å². The third kappa shape index (κ3) is 4.92. The van der Waals surface area contributed by atoms with Crippen LogP contribution in [-0.4, -0.2) is 28.1 Å². The first-order valence-electron chi connectivity index (χ1n) is 6.05. The van der Waals surface area contributed by atoms with E-state index in [1.807, 2.05) is 6.92 Å². The summed E-state index contributed by atoms with van der Waals surface area (Å²) in [5.41, 5.74) is 0. The Kier molecular flexibility index (Phi) is 6.46. The second kappa shape index (κ2) is 7.61. The molecular formula is C11H18F2IN5. The minimum atomic E-state index is -2.57. The molecule has 0 radical (unpaired) electrons. The fourth-order valence-corrected chi connectivity index (χ4v) is 1.53. The quantitative estimate of drug-likeness (QED) is 0.464. The lowest BCUT2D eigenvalue weighted by molar-refractivity contribution is 0.0671. The maximum Gasteiger partial charge on any atom is 0.319 e. The summed E-state index contributed by atoms with van der Waals surface area (Å²) in [6.07, 6.45) is 4.89. The van der Waals surface area contributed by atoms with Gasteiger partial charge in [-0.3, -0.25) is 4.57 Å². The standard InChI is InChI=1S/C11H17F2N5.HI/c1-2-14-11(17-8-3-4-8)16-7-9-15-5-6-18(9)10(12)13;/h5-6,8,10H,2-4,7H2,1H3,(H2,14,16,17);1H. The van der Waals surface area contributed by atoms with Gasteiger partial charge in [0.1, 0.15) is 12.4 Å². The number of imidazole rings is 1. The Morgan fingerprint density at radius 2 is 2.32 bits per heavy atom. The number of alkyl halides is 2. The average Bonchev–Trinajstić information content (AvgIpc) is 3.01. The smallest absolute Gasteiger partial charge is 0.319 e. The van der Waals surface area contributed by atoms with E-state index in [0.29, 0.717) is 12.0 Å². The van der Waals surface area contributed by atoms with Gasteiger partial charge < -0.3 is 10.6 Å². The lowest BCUT2D eigenvalue weighted by Gasteiger charge is -2.10. The molecule has 19 heavy (non-hydrogen) atoms. The highest BCUT2D eigenvalue weighted by atomic mass is 127. The molecule has 1 aromatic rings. The van der Waals surface area contributed by atoms with Crippen LogP contribution in [0.25, 0.3) is 0 Å². The molecular weight excluding hydrogens is 367 g/mol. The third-order valence-corrected chi connectivity index (χ3v) is 2.60. The summed E-state index contributed by atoms with van der Waals surface area (Å²) < 4.78 is 26.0. The summed E-state index contributed by atoms with van der Waals surface area (Å²) in [6.45, 7) is 0.266. The maximum absolute atomic E-state index is 12.6. The summed E-state index contributed by atoms with van der Waals surface area (Å²) in [7, 11) is 0. The molecule has 2 N–H and O–H groups in total. The van der Waals surface area contributed by atoms with Gasteiger partial charge in [-0.25, -0.2) is 9.98 Å². The molecule has 0 bridgehead atoms. The zero-order valence-electron chi connectivity index (χ0n) is 10.6. The summed E-state index contributed by atoms with van der Waals surface area (Å²) in [5, 5.41) is 6.30. The van der Waals surface area contributed by atoms with Crippen LogP contribution in [-0.2, 0) is 6.54 Å². The molecule has 0 aromatic carbocycles. The average molecular weight is 385 g/mol. The highest BCUT2D eigenvalue weighted by molar-refractivity contribution is 14.0. The van der Waals surface area contributed by atoms with Crippen molar-refractivity contribution in [3.05, 3.63) is 18.2 Å². The van der Waals surface area contributed by atoms with E-state index in [2.05, 4.69) is 20.6 Å². The van der Waals surface area contributed by atoms with Crippen molar-refractivity contribution in [3.8, 4) is 0 Å². The highest BCUT2D eigenvalue weighted by Crippen LogP contribution is 2.18. The maximum atomic E-state index is 12.6. The molecule has 2 rings (SSSR count). The van der Waals surface area contributed by atoms with Crippen LogP contribution in [0.2, 0.25) is 0 Å². The van der Waals surface area contributed by atoms with E-state index in [-0.39, 0.29) is 36.3 Å². The van der Waals surface area contributed by atoms with Gasteiger partial charge in [0.2, 0.25) is 0 Å². The van der Waals surface area contributed by atoms with Crippen molar-refractivity contribution < 1.29 is 8.78 Å². The number of halogens is 3. The van der Waals surface area contributed by atoms with E-state index in [0.717, 1.165) is 24.0 Å². The van der Waals surface area contributed by atoms with Gasteiger partial charge >= 0.3 is 6.55 Å². The van der Waals surface area contributed by atoms with Crippen LogP contribution < -0.4 is 10.6 Å². The molecule has 0 atom stereocenters. The monoisotopic (exact) mass is 385 g/mol. The molecule has 1 aliphatic carbocycles. The van der Waals surface area contributed by atoms with Crippen molar-refractivity contribution in [2.75, 3.05) is 6.54 Å². The lowest BCUT2D eigenvalue weighted by Crippen LogP contribution is -2.38. The molecule has 1 heterocycles. The minimum absolute atomic E-state index is 0. The number of hydrogen-bond acceptors (Lipinski definition) is 2. The first kappa shape index (κ1) is 16.1. The van der Waals surface area contributed by atoms with E-state index < -0.39 is 6.55 Å². The van der Waals surface area contributed by atoms with Crippen LogP contribution in [0.1, 0.15) is 32.1 Å². The van der Waals surface area contributed by atoms with E-state index in [4.69, 9.17) is 0 Å². The van der Waals surface area contributed by atoms with E-state index in [1.165, 1.54) is 12.4 Å². The molecule has 0 saturated heterocycles. The number of nitrogens with zero attached hydrogens (tertiary/aromatic N) is 3. The van der Waals surface area contributed by atoms with Gasteiger partial charge in [0.25, 0.3) is 0 Å². The van der Waals surface area contributed by atoms with Crippen molar-refractivity contribution >= 4 is 29.9 Å². The Bertz CT molecular complexity index is 417. The molecule has 1 fully saturated rings. The second-order valence-electron chi connectivity index (χ2n) is 4.14. The summed E-state index contributed by atoms with van der Waals surface area (Å²) in [5.74, 6) is 0.918. The molecule has 1 aromatic heterocycles. The molecule has 5 nitrogen and oxygen atoms in total. The summed E-state index contributed by atoms with van der Waals surface area (Å²) >= 11 is 0. The van der Waals surface area contributed by atoms with Gasteiger partial charge in [-0.1, -0.05) is 0 Å². The predicted octanol–water partition coefficient (Wildman–Crippen LogP) is 2.11. The number of aliphatic imine (C=N–C) groups is 1. The first-order chi connectivity index (χ1) is 8.70. The van der Waals surface area contributed by atoms with E-state index >= 15 is 0 Å². The fraction of sp³-hybridized carbons (Fsp3) is 0.636. The van der Waals surface area contributed by atoms with Crippen molar-refractivity contribution in [2.45, 2.75) is 38.9 Å². The Morgan fingerprint density at radius 1 is 1.58 bits per heavy atom. The minimum Gasteiger partial charge on any atom is -0.357 e. The Labute approximate surface area is 127 Å². The number of hydrogen-bond donors (Lipinski definition) is 2. The number of rotatable bonds is 5. The zero-order chi connectivity index (χ0) is 13.0. The summed E-state index contributed by atoms with van der Waals surface area (Å²) in [4.78, 5) is 8.14. The lowest BCUT2D eigenvalue weighted by atomic mass is 10.6. The van der Waals surface area contributed by atoms with Gasteiger partial charge in [-0.05, 0) is 19.8 Å². The largest absolute Gasteiger partial charge is 0.357 e. The fourth-order valence-electron chi connectivity index (χ4n) is 1.53. The summed E-state index contributed by atoms with van der Waals surface area (Å²) in [6, 6.07) is 0.470. The number of nitrogens with one attached hydrogen (secondary N) is 2. The molecule has 1 saturated carbocycles. The molecule has 0 unspecified atom stereocenters. The predicted molar refractivity (Wildman–Crippen MR) is 79.9 cm³/mol. The van der Waals surface area contributed by atoms with Crippen LogP contribution in [0.5, 0.6) is 0 Å². The normalized spacial score (nSPS) is 15.3. The number of guanidine groups is 1. The van der Waals surface area contributed by atoms with Crippen molar-refractivity contribution in [2.24, 2.45) is 4.99 Å². The molecule has 0 aliphatic heterocycles. The van der Waals surface area contributed by atoms with E-state index in [9.17, 15) is 8.78 Å². The SMILES string of the molecule is CCNC(=NCc1nccn1C(F)F)NC1CC1.I.